The van der Waals surface area contributed by atoms with Gasteiger partial charge in [0.25, 0.3) is 0 Å². The van der Waals surface area contributed by atoms with Crippen LogP contribution in [0, 0.1) is 0 Å². The predicted molar refractivity (Wildman–Crippen MR) is 133 cm³/mol. The number of amidine groups is 1. The van der Waals surface area contributed by atoms with Crippen molar-refractivity contribution < 1.29 is 27.2 Å². The predicted octanol–water partition coefficient (Wildman–Crippen LogP) is 6.22. The van der Waals surface area contributed by atoms with Crippen molar-refractivity contribution in [1.82, 2.24) is 5.32 Å². The highest BCUT2D eigenvalue weighted by atomic mass is 35.5. The summed E-state index contributed by atoms with van der Waals surface area (Å²) in [6, 6.07) is 12.7. The molecule has 0 bridgehead atoms. The average Bonchev–Trinajstić information content (AvgIpc) is 3.42. The molecular weight excluding hydrogens is 540 g/mol. The molecule has 0 saturated carbocycles. The van der Waals surface area contributed by atoms with Crippen LogP contribution in [-0.4, -0.2) is 28.4 Å². The summed E-state index contributed by atoms with van der Waals surface area (Å²) in [5.74, 6) is -0.234. The van der Waals surface area contributed by atoms with Gasteiger partial charge in [-0.1, -0.05) is 47.1 Å². The van der Waals surface area contributed by atoms with E-state index in [1.807, 2.05) is 0 Å². The SMILES string of the molecule is O=C(CC1S/C(=N/N=C/c2ccc(-c3cccc(Cl)c3Cl)o2)NC1=O)Nc1cccc(C(F)(F)F)c1. The van der Waals surface area contributed by atoms with Gasteiger partial charge in [-0.3, -0.25) is 9.59 Å². The molecule has 1 aromatic heterocycles. The van der Waals surface area contributed by atoms with Crippen molar-refractivity contribution in [1.29, 1.82) is 0 Å². The van der Waals surface area contributed by atoms with E-state index in [-0.39, 0.29) is 17.3 Å². The van der Waals surface area contributed by atoms with Gasteiger partial charge < -0.3 is 15.1 Å². The maximum atomic E-state index is 12.8. The number of furan rings is 1. The molecule has 1 unspecified atom stereocenters. The molecule has 1 saturated heterocycles. The fourth-order valence-electron chi connectivity index (χ4n) is 3.14. The monoisotopic (exact) mass is 554 g/mol. The van der Waals surface area contributed by atoms with Crippen molar-refractivity contribution in [2.75, 3.05) is 5.32 Å². The minimum Gasteiger partial charge on any atom is -0.455 e. The van der Waals surface area contributed by atoms with E-state index >= 15 is 0 Å². The van der Waals surface area contributed by atoms with Crippen LogP contribution in [0.4, 0.5) is 18.9 Å². The van der Waals surface area contributed by atoms with Crippen LogP contribution in [0.5, 0.6) is 0 Å². The third kappa shape index (κ3) is 6.28. The fraction of sp³-hybridized carbons (Fsp3) is 0.130. The van der Waals surface area contributed by atoms with Gasteiger partial charge in [-0.15, -0.1) is 5.10 Å². The molecule has 0 radical (unpaired) electrons. The Morgan fingerprint density at radius 1 is 1.17 bits per heavy atom. The highest BCUT2D eigenvalue weighted by Crippen LogP contribution is 2.34. The van der Waals surface area contributed by atoms with Crippen LogP contribution in [0.15, 0.2) is 69.2 Å². The summed E-state index contributed by atoms with van der Waals surface area (Å²) in [5, 5.41) is 12.8. The molecule has 7 nitrogen and oxygen atoms in total. The third-order valence-electron chi connectivity index (χ3n) is 4.80. The molecule has 2 heterocycles. The molecule has 4 rings (SSSR count). The number of hydrogen-bond acceptors (Lipinski definition) is 6. The number of halogens is 5. The lowest BCUT2D eigenvalue weighted by molar-refractivity contribution is -0.137. The van der Waals surface area contributed by atoms with Crippen molar-refractivity contribution in [3.63, 3.8) is 0 Å². The summed E-state index contributed by atoms with van der Waals surface area (Å²) in [6.45, 7) is 0. The molecular formula is C23H15Cl2F3N4O3S. The van der Waals surface area contributed by atoms with Gasteiger partial charge in [0.1, 0.15) is 16.8 Å². The number of carbonyl (C=O) groups is 2. The average molecular weight is 555 g/mol. The van der Waals surface area contributed by atoms with E-state index in [2.05, 4.69) is 20.8 Å². The minimum atomic E-state index is -4.53. The van der Waals surface area contributed by atoms with Crippen LogP contribution >= 0.6 is 35.0 Å². The third-order valence-corrected chi connectivity index (χ3v) is 6.69. The van der Waals surface area contributed by atoms with Crippen molar-refractivity contribution in [2.45, 2.75) is 17.8 Å². The van der Waals surface area contributed by atoms with E-state index in [0.717, 1.165) is 23.9 Å². The summed E-state index contributed by atoms with van der Waals surface area (Å²) < 4.78 is 44.2. The summed E-state index contributed by atoms with van der Waals surface area (Å²) in [6.07, 6.45) is -3.47. The lowest BCUT2D eigenvalue weighted by atomic mass is 10.2. The Balaban J connectivity index is 1.34. The maximum absolute atomic E-state index is 12.8. The molecule has 13 heteroatoms. The summed E-state index contributed by atoms with van der Waals surface area (Å²) in [4.78, 5) is 24.4. The van der Waals surface area contributed by atoms with Gasteiger partial charge in [0.2, 0.25) is 11.8 Å². The number of nitrogens with one attached hydrogen (secondary N) is 2. The van der Waals surface area contributed by atoms with Crippen LogP contribution in [0.25, 0.3) is 11.3 Å². The number of anilines is 1. The van der Waals surface area contributed by atoms with E-state index in [9.17, 15) is 22.8 Å². The zero-order valence-corrected chi connectivity index (χ0v) is 20.3. The van der Waals surface area contributed by atoms with Crippen LogP contribution < -0.4 is 10.6 Å². The molecule has 1 aliphatic heterocycles. The second-order valence-corrected chi connectivity index (χ2v) is 9.36. The number of hydrogen-bond donors (Lipinski definition) is 2. The number of benzene rings is 2. The molecule has 3 aromatic rings. The van der Waals surface area contributed by atoms with Crippen molar-refractivity contribution in [3.05, 3.63) is 76.0 Å². The first-order valence-corrected chi connectivity index (χ1v) is 11.8. The molecule has 36 heavy (non-hydrogen) atoms. The lowest BCUT2D eigenvalue weighted by Crippen LogP contribution is -2.28. The number of nitrogens with zero attached hydrogens (tertiary/aromatic N) is 2. The van der Waals surface area contributed by atoms with Crippen LogP contribution in [0.1, 0.15) is 17.7 Å². The fourth-order valence-corrected chi connectivity index (χ4v) is 4.46. The number of rotatable bonds is 6. The van der Waals surface area contributed by atoms with Gasteiger partial charge in [-0.2, -0.15) is 18.3 Å². The second kappa shape index (κ2) is 10.8. The molecule has 1 fully saturated rings. The van der Waals surface area contributed by atoms with Crippen LogP contribution in [-0.2, 0) is 15.8 Å². The van der Waals surface area contributed by atoms with E-state index < -0.39 is 28.8 Å². The highest BCUT2D eigenvalue weighted by molar-refractivity contribution is 8.15. The van der Waals surface area contributed by atoms with E-state index in [1.54, 1.807) is 30.3 Å². The lowest BCUT2D eigenvalue weighted by Gasteiger charge is -2.10. The van der Waals surface area contributed by atoms with Gasteiger partial charge >= 0.3 is 6.18 Å². The van der Waals surface area contributed by atoms with Crippen LogP contribution in [0.2, 0.25) is 10.0 Å². The first kappa shape index (κ1) is 25.8. The first-order chi connectivity index (χ1) is 17.1. The van der Waals surface area contributed by atoms with Gasteiger partial charge in [0, 0.05) is 17.7 Å². The van der Waals surface area contributed by atoms with Crippen molar-refractivity contribution >= 4 is 63.8 Å². The van der Waals surface area contributed by atoms with Gasteiger partial charge in [0.05, 0.1) is 21.8 Å². The van der Waals surface area contributed by atoms with Gasteiger partial charge in [-0.25, -0.2) is 0 Å². The Bertz CT molecular complexity index is 1370. The Hall–Kier alpha value is -3.28. The van der Waals surface area contributed by atoms with Gasteiger partial charge in [0.15, 0.2) is 5.17 Å². The number of carbonyl (C=O) groups excluding carboxylic acids is 2. The smallest absolute Gasteiger partial charge is 0.416 e. The zero-order valence-electron chi connectivity index (χ0n) is 18.0. The Labute approximate surface area is 216 Å². The molecule has 2 amide bonds. The normalized spacial score (nSPS) is 17.1. The zero-order chi connectivity index (χ0) is 25.9. The Kier molecular flexibility index (Phi) is 7.72. The molecule has 2 aromatic carbocycles. The van der Waals surface area contributed by atoms with E-state index in [4.69, 9.17) is 27.6 Å². The molecule has 186 valence electrons. The van der Waals surface area contributed by atoms with Gasteiger partial charge in [-0.05, 0) is 42.5 Å². The maximum Gasteiger partial charge on any atom is 0.416 e. The standard InChI is InChI=1S/C23H15Cl2F3N4O3S/c24-16-6-2-5-15(20(16)25)17-8-7-14(35-17)11-29-32-22-31-21(34)18(36-22)10-19(33)30-13-4-1-3-12(9-13)23(26,27)28/h1-9,11,18H,10H2,(H,30,33)(H,31,32,34)/b29-11+. The molecule has 2 N–H and O–H groups in total. The summed E-state index contributed by atoms with van der Waals surface area (Å²) >= 11 is 13.2. The molecule has 1 aliphatic rings. The van der Waals surface area contributed by atoms with E-state index in [0.29, 0.717) is 27.1 Å². The number of amides is 2. The Morgan fingerprint density at radius 2 is 1.94 bits per heavy atom. The molecule has 0 spiro atoms. The van der Waals surface area contributed by atoms with E-state index in [1.165, 1.54) is 18.3 Å². The molecule has 1 atom stereocenters. The van der Waals surface area contributed by atoms with Crippen LogP contribution in [0.3, 0.4) is 0 Å². The highest BCUT2D eigenvalue weighted by Gasteiger charge is 2.33. The molecule has 0 aliphatic carbocycles. The minimum absolute atomic E-state index is 0.0198. The number of thioether (sulfide) groups is 1. The quantitative estimate of drug-likeness (QED) is 0.279. The topological polar surface area (TPSA) is 96.1 Å². The summed E-state index contributed by atoms with van der Waals surface area (Å²) in [7, 11) is 0. The van der Waals surface area contributed by atoms with Crippen molar-refractivity contribution in [2.24, 2.45) is 10.2 Å². The first-order valence-electron chi connectivity index (χ1n) is 10.2. The Morgan fingerprint density at radius 3 is 2.72 bits per heavy atom. The second-order valence-electron chi connectivity index (χ2n) is 7.38. The number of alkyl halides is 3. The largest absolute Gasteiger partial charge is 0.455 e. The van der Waals surface area contributed by atoms with Crippen molar-refractivity contribution in [3.8, 4) is 11.3 Å². The summed E-state index contributed by atoms with van der Waals surface area (Å²) in [5.41, 5.74) is -0.298.